The van der Waals surface area contributed by atoms with Gasteiger partial charge < -0.3 is 5.32 Å². The number of hydrogen-bond acceptors (Lipinski definition) is 4. The molecule has 0 aromatic heterocycles. The smallest absolute Gasteiger partial charge is 0.237 e. The number of piperidine rings is 1. The van der Waals surface area contributed by atoms with Gasteiger partial charge >= 0.3 is 0 Å². The summed E-state index contributed by atoms with van der Waals surface area (Å²) in [5.74, 6) is 0.0640. The second-order valence-electron chi connectivity index (χ2n) is 7.00. The second kappa shape index (κ2) is 7.43. The highest BCUT2D eigenvalue weighted by atomic mass is 32.2. The van der Waals surface area contributed by atoms with Crippen LogP contribution in [0, 0.1) is 0 Å². The Morgan fingerprint density at radius 3 is 2.44 bits per heavy atom. The maximum atomic E-state index is 12.8. The highest BCUT2D eigenvalue weighted by Crippen LogP contribution is 2.23. The molecule has 1 atom stereocenters. The van der Waals surface area contributed by atoms with Gasteiger partial charge in [-0.3, -0.25) is 9.69 Å². The van der Waals surface area contributed by atoms with Gasteiger partial charge in [0.05, 0.1) is 12.3 Å². The molecule has 2 heterocycles. The summed E-state index contributed by atoms with van der Waals surface area (Å²) < 4.78 is 24.7. The molecule has 7 heteroatoms. The van der Waals surface area contributed by atoms with Crippen molar-refractivity contribution in [1.82, 2.24) is 14.5 Å². The Labute approximate surface area is 150 Å². The average Bonchev–Trinajstić information content (AvgIpc) is 2.60. The standard InChI is InChI=1S/C18H27N3O3S/c1-3-20-13-15-7-5-4-6-14(15)12-17(20)18(22)19-16-8-10-21(11-9-16)25(2,23)24/h4-7,16-17H,3,8-13H2,1-2H3,(H,19,22). The minimum absolute atomic E-state index is 0.0568. The van der Waals surface area contributed by atoms with Crippen molar-refractivity contribution >= 4 is 15.9 Å². The molecule has 0 spiro atoms. The highest BCUT2D eigenvalue weighted by molar-refractivity contribution is 7.88. The molecule has 0 radical (unpaired) electrons. The second-order valence-corrected chi connectivity index (χ2v) is 8.98. The number of carbonyl (C=O) groups excluding carboxylic acids is 1. The lowest BCUT2D eigenvalue weighted by atomic mass is 9.93. The molecule has 138 valence electrons. The Morgan fingerprint density at radius 2 is 1.84 bits per heavy atom. The van der Waals surface area contributed by atoms with E-state index < -0.39 is 10.0 Å². The van der Waals surface area contributed by atoms with Gasteiger partial charge in [-0.1, -0.05) is 31.2 Å². The van der Waals surface area contributed by atoms with Crippen LogP contribution in [0.1, 0.15) is 30.9 Å². The van der Waals surface area contributed by atoms with E-state index in [4.69, 9.17) is 0 Å². The fourth-order valence-electron chi connectivity index (χ4n) is 3.80. The zero-order chi connectivity index (χ0) is 18.0. The van der Waals surface area contributed by atoms with Crippen LogP contribution in [0.4, 0.5) is 0 Å². The van der Waals surface area contributed by atoms with Crippen LogP contribution in [-0.2, 0) is 27.8 Å². The third-order valence-electron chi connectivity index (χ3n) is 5.32. The molecule has 0 aliphatic carbocycles. The van der Waals surface area contributed by atoms with Crippen LogP contribution in [0.15, 0.2) is 24.3 Å². The minimum atomic E-state index is -3.13. The first kappa shape index (κ1) is 18.4. The Kier molecular flexibility index (Phi) is 5.46. The monoisotopic (exact) mass is 365 g/mol. The molecule has 6 nitrogen and oxygen atoms in total. The fraction of sp³-hybridized carbons (Fsp3) is 0.611. The molecule has 1 aromatic carbocycles. The first-order valence-electron chi connectivity index (χ1n) is 8.95. The van der Waals surface area contributed by atoms with Gasteiger partial charge in [0.1, 0.15) is 0 Å². The van der Waals surface area contributed by atoms with Crippen molar-refractivity contribution in [2.75, 3.05) is 25.9 Å². The van der Waals surface area contributed by atoms with Crippen molar-refractivity contribution in [3.05, 3.63) is 35.4 Å². The van der Waals surface area contributed by atoms with Gasteiger partial charge in [-0.25, -0.2) is 12.7 Å². The molecule has 0 saturated carbocycles. The van der Waals surface area contributed by atoms with E-state index in [0.717, 1.165) is 19.5 Å². The van der Waals surface area contributed by atoms with Crippen LogP contribution in [0.2, 0.25) is 0 Å². The summed E-state index contributed by atoms with van der Waals surface area (Å²) in [7, 11) is -3.13. The van der Waals surface area contributed by atoms with Gasteiger partial charge in [-0.15, -0.1) is 0 Å². The quantitative estimate of drug-likeness (QED) is 0.863. The summed E-state index contributed by atoms with van der Waals surface area (Å²) >= 11 is 0. The van der Waals surface area contributed by atoms with Crippen LogP contribution in [0.5, 0.6) is 0 Å². The molecule has 2 aliphatic rings. The molecule has 2 aliphatic heterocycles. The van der Waals surface area contributed by atoms with E-state index in [0.29, 0.717) is 25.9 Å². The van der Waals surface area contributed by atoms with Crippen molar-refractivity contribution in [3.63, 3.8) is 0 Å². The van der Waals surface area contributed by atoms with Crippen molar-refractivity contribution in [2.24, 2.45) is 0 Å². The Bertz CT molecular complexity index is 727. The third kappa shape index (κ3) is 4.22. The van der Waals surface area contributed by atoms with Gasteiger partial charge in [0.25, 0.3) is 0 Å². The number of nitrogens with zero attached hydrogens (tertiary/aromatic N) is 2. The molecule has 1 fully saturated rings. The van der Waals surface area contributed by atoms with Gasteiger partial charge in [-0.2, -0.15) is 0 Å². The number of benzene rings is 1. The number of fused-ring (bicyclic) bond motifs is 1. The lowest BCUT2D eigenvalue weighted by Gasteiger charge is -2.37. The zero-order valence-electron chi connectivity index (χ0n) is 14.9. The van der Waals surface area contributed by atoms with Crippen LogP contribution in [0.3, 0.4) is 0 Å². The van der Waals surface area contributed by atoms with Crippen molar-refractivity contribution in [3.8, 4) is 0 Å². The molecular formula is C18H27N3O3S. The Balaban J connectivity index is 1.61. The molecule has 1 saturated heterocycles. The molecule has 1 N–H and O–H groups in total. The largest absolute Gasteiger partial charge is 0.352 e. The molecule has 0 bridgehead atoms. The summed E-state index contributed by atoms with van der Waals surface area (Å²) in [6.07, 6.45) is 3.32. The fourth-order valence-corrected chi connectivity index (χ4v) is 4.67. The van der Waals surface area contributed by atoms with E-state index in [-0.39, 0.29) is 18.0 Å². The van der Waals surface area contributed by atoms with E-state index in [9.17, 15) is 13.2 Å². The zero-order valence-corrected chi connectivity index (χ0v) is 15.8. The molecule has 1 unspecified atom stereocenters. The lowest BCUT2D eigenvalue weighted by molar-refractivity contribution is -0.128. The number of carbonyl (C=O) groups is 1. The number of sulfonamides is 1. The molecule has 1 amide bonds. The highest BCUT2D eigenvalue weighted by Gasteiger charge is 2.32. The summed E-state index contributed by atoms with van der Waals surface area (Å²) in [6, 6.07) is 8.22. The average molecular weight is 365 g/mol. The summed E-state index contributed by atoms with van der Waals surface area (Å²) in [4.78, 5) is 15.1. The van der Waals surface area contributed by atoms with Crippen molar-refractivity contribution in [2.45, 2.75) is 44.8 Å². The van der Waals surface area contributed by atoms with Crippen LogP contribution in [-0.4, -0.2) is 61.5 Å². The number of nitrogens with one attached hydrogen (secondary N) is 1. The Hall–Kier alpha value is -1.44. The van der Waals surface area contributed by atoms with E-state index in [1.807, 2.05) is 12.1 Å². The lowest BCUT2D eigenvalue weighted by Crippen LogP contribution is -2.54. The van der Waals surface area contributed by atoms with E-state index >= 15 is 0 Å². The van der Waals surface area contributed by atoms with Crippen LogP contribution < -0.4 is 5.32 Å². The summed E-state index contributed by atoms with van der Waals surface area (Å²) in [5.41, 5.74) is 2.55. The number of likely N-dealkylation sites (N-methyl/N-ethyl adjacent to an activating group) is 1. The summed E-state index contributed by atoms with van der Waals surface area (Å²) in [5, 5.41) is 3.15. The van der Waals surface area contributed by atoms with Gasteiger partial charge in [0.2, 0.25) is 15.9 Å². The molecular weight excluding hydrogens is 338 g/mol. The number of hydrogen-bond donors (Lipinski definition) is 1. The third-order valence-corrected chi connectivity index (χ3v) is 6.63. The van der Waals surface area contributed by atoms with Gasteiger partial charge in [-0.05, 0) is 36.9 Å². The van der Waals surface area contributed by atoms with Gasteiger partial charge in [0, 0.05) is 25.7 Å². The molecule has 25 heavy (non-hydrogen) atoms. The van der Waals surface area contributed by atoms with E-state index in [1.165, 1.54) is 21.7 Å². The Morgan fingerprint density at radius 1 is 1.20 bits per heavy atom. The molecule has 3 rings (SSSR count). The topological polar surface area (TPSA) is 69.7 Å². The van der Waals surface area contributed by atoms with E-state index in [2.05, 4.69) is 29.3 Å². The first-order chi connectivity index (χ1) is 11.9. The molecule has 1 aromatic rings. The number of amides is 1. The maximum absolute atomic E-state index is 12.8. The number of rotatable bonds is 4. The van der Waals surface area contributed by atoms with Crippen LogP contribution >= 0.6 is 0 Å². The predicted octanol–water partition coefficient (Wildman–Crippen LogP) is 0.973. The van der Waals surface area contributed by atoms with Crippen molar-refractivity contribution < 1.29 is 13.2 Å². The first-order valence-corrected chi connectivity index (χ1v) is 10.8. The normalized spacial score (nSPS) is 23.2. The van der Waals surface area contributed by atoms with E-state index in [1.54, 1.807) is 0 Å². The maximum Gasteiger partial charge on any atom is 0.237 e. The van der Waals surface area contributed by atoms with Crippen LogP contribution in [0.25, 0.3) is 0 Å². The van der Waals surface area contributed by atoms with Crippen molar-refractivity contribution in [1.29, 1.82) is 0 Å². The SMILES string of the molecule is CCN1Cc2ccccc2CC1C(=O)NC1CCN(S(C)(=O)=O)CC1. The summed E-state index contributed by atoms with van der Waals surface area (Å²) in [6.45, 7) is 4.68. The van der Waals surface area contributed by atoms with Gasteiger partial charge in [0.15, 0.2) is 0 Å². The predicted molar refractivity (Wildman–Crippen MR) is 97.6 cm³/mol. The minimum Gasteiger partial charge on any atom is -0.352 e.